The molecule has 0 aliphatic carbocycles. The highest BCUT2D eigenvalue weighted by molar-refractivity contribution is 5.79. The third-order valence-electron chi connectivity index (χ3n) is 3.69. The van der Waals surface area contributed by atoms with Crippen LogP contribution in [0.15, 0.2) is 42.5 Å². The van der Waals surface area contributed by atoms with E-state index < -0.39 is 11.6 Å². The molecule has 4 nitrogen and oxygen atoms in total. The van der Waals surface area contributed by atoms with E-state index in [1.807, 2.05) is 32.0 Å². The Morgan fingerprint density at radius 3 is 2.55 bits per heavy atom. The van der Waals surface area contributed by atoms with Gasteiger partial charge in [0.15, 0.2) is 5.60 Å². The number of carbonyl (C=O) groups is 1. The molecular formula is C18H20O4. The molecule has 0 aromatic heterocycles. The zero-order valence-electron chi connectivity index (χ0n) is 13.0. The number of aliphatic hydroxyl groups is 1. The molecule has 0 amide bonds. The van der Waals surface area contributed by atoms with Gasteiger partial charge in [0.25, 0.3) is 0 Å². The predicted octanol–water partition coefficient (Wildman–Crippen LogP) is 3.17. The highest BCUT2D eigenvalue weighted by Crippen LogP contribution is 2.27. The summed E-state index contributed by atoms with van der Waals surface area (Å²) in [4.78, 5) is 11.3. The van der Waals surface area contributed by atoms with Crippen LogP contribution in [0.2, 0.25) is 0 Å². The number of ether oxygens (including phenoxy) is 1. The van der Waals surface area contributed by atoms with Gasteiger partial charge in [0.2, 0.25) is 0 Å². The average molecular weight is 300 g/mol. The van der Waals surface area contributed by atoms with Crippen LogP contribution in [-0.2, 0) is 17.0 Å². The molecule has 22 heavy (non-hydrogen) atoms. The summed E-state index contributed by atoms with van der Waals surface area (Å²) in [5.41, 5.74) is 1.14. The molecule has 116 valence electrons. The van der Waals surface area contributed by atoms with Crippen molar-refractivity contribution < 1.29 is 19.7 Å². The Morgan fingerprint density at radius 2 is 1.86 bits per heavy atom. The maximum Gasteiger partial charge on any atom is 0.340 e. The van der Waals surface area contributed by atoms with Crippen molar-refractivity contribution in [3.8, 4) is 5.75 Å². The molecule has 1 atom stereocenters. The average Bonchev–Trinajstić information content (AvgIpc) is 2.48. The molecule has 0 bridgehead atoms. The van der Waals surface area contributed by atoms with Crippen LogP contribution in [-0.4, -0.2) is 16.2 Å². The summed E-state index contributed by atoms with van der Waals surface area (Å²) in [5, 5.41) is 19.4. The zero-order chi connectivity index (χ0) is 16.3. The second-order valence-corrected chi connectivity index (χ2v) is 5.59. The SMILES string of the molecule is Cc1ccc(C)c(OCc2ccccc2C(C)(O)C(=O)O)c1. The Hall–Kier alpha value is -2.33. The molecule has 2 rings (SSSR count). The minimum atomic E-state index is -1.94. The molecular weight excluding hydrogens is 280 g/mol. The number of hydrogen-bond donors (Lipinski definition) is 2. The van der Waals surface area contributed by atoms with Crippen LogP contribution in [0.3, 0.4) is 0 Å². The van der Waals surface area contributed by atoms with Crippen LogP contribution in [0, 0.1) is 13.8 Å². The predicted molar refractivity (Wildman–Crippen MR) is 83.9 cm³/mol. The Bertz CT molecular complexity index is 689. The lowest BCUT2D eigenvalue weighted by Crippen LogP contribution is -2.33. The second kappa shape index (κ2) is 6.20. The first kappa shape index (κ1) is 16.0. The third-order valence-corrected chi connectivity index (χ3v) is 3.69. The molecule has 0 heterocycles. The standard InChI is InChI=1S/C18H20O4/c1-12-8-9-13(2)16(10-12)22-11-14-6-4-5-7-15(14)18(3,21)17(19)20/h4-10,21H,11H2,1-3H3,(H,19,20). The molecule has 4 heteroatoms. The van der Waals surface area contributed by atoms with Crippen molar-refractivity contribution in [2.75, 3.05) is 0 Å². The lowest BCUT2D eigenvalue weighted by Gasteiger charge is -2.22. The fraction of sp³-hybridized carbons (Fsp3) is 0.278. The first-order chi connectivity index (χ1) is 10.3. The first-order valence-corrected chi connectivity index (χ1v) is 7.06. The summed E-state index contributed by atoms with van der Waals surface area (Å²) in [5.74, 6) is -0.531. The van der Waals surface area contributed by atoms with E-state index in [1.165, 1.54) is 6.92 Å². The molecule has 0 saturated carbocycles. The number of aliphatic carboxylic acids is 1. The maximum atomic E-state index is 11.3. The van der Waals surface area contributed by atoms with Crippen molar-refractivity contribution in [1.82, 2.24) is 0 Å². The smallest absolute Gasteiger partial charge is 0.340 e. The van der Waals surface area contributed by atoms with Gasteiger partial charge < -0.3 is 14.9 Å². The van der Waals surface area contributed by atoms with E-state index >= 15 is 0 Å². The Labute approximate surface area is 130 Å². The van der Waals surface area contributed by atoms with Gasteiger partial charge in [-0.25, -0.2) is 4.79 Å². The summed E-state index contributed by atoms with van der Waals surface area (Å²) in [7, 11) is 0. The van der Waals surface area contributed by atoms with Gasteiger partial charge in [-0.05, 0) is 43.5 Å². The van der Waals surface area contributed by atoms with Crippen molar-refractivity contribution >= 4 is 5.97 Å². The normalized spacial score (nSPS) is 13.5. The van der Waals surface area contributed by atoms with E-state index in [-0.39, 0.29) is 6.61 Å². The lowest BCUT2D eigenvalue weighted by atomic mass is 9.92. The number of rotatable bonds is 5. The van der Waals surface area contributed by atoms with Gasteiger partial charge in [-0.1, -0.05) is 36.4 Å². The molecule has 2 aromatic carbocycles. The number of carboxylic acid groups (broad SMARTS) is 1. The molecule has 2 aromatic rings. The van der Waals surface area contributed by atoms with Gasteiger partial charge in [0.1, 0.15) is 12.4 Å². The number of aryl methyl sites for hydroxylation is 2. The van der Waals surface area contributed by atoms with Crippen molar-refractivity contribution in [1.29, 1.82) is 0 Å². The topological polar surface area (TPSA) is 66.8 Å². The van der Waals surface area contributed by atoms with E-state index in [0.717, 1.165) is 16.9 Å². The Morgan fingerprint density at radius 1 is 1.18 bits per heavy atom. The molecule has 0 saturated heterocycles. The van der Waals surface area contributed by atoms with E-state index in [4.69, 9.17) is 4.74 Å². The lowest BCUT2D eigenvalue weighted by molar-refractivity contribution is -0.157. The van der Waals surface area contributed by atoms with E-state index in [1.54, 1.807) is 24.3 Å². The monoisotopic (exact) mass is 300 g/mol. The second-order valence-electron chi connectivity index (χ2n) is 5.59. The fourth-order valence-corrected chi connectivity index (χ4v) is 2.25. The quantitative estimate of drug-likeness (QED) is 0.890. The van der Waals surface area contributed by atoms with Crippen molar-refractivity contribution in [2.45, 2.75) is 33.0 Å². The van der Waals surface area contributed by atoms with Crippen LogP contribution in [0.25, 0.3) is 0 Å². The van der Waals surface area contributed by atoms with E-state index in [0.29, 0.717) is 11.1 Å². The molecule has 0 spiro atoms. The molecule has 0 radical (unpaired) electrons. The van der Waals surface area contributed by atoms with Crippen LogP contribution in [0.1, 0.15) is 29.2 Å². The van der Waals surface area contributed by atoms with Gasteiger partial charge in [-0.15, -0.1) is 0 Å². The maximum absolute atomic E-state index is 11.3. The van der Waals surface area contributed by atoms with Gasteiger partial charge in [-0.2, -0.15) is 0 Å². The van der Waals surface area contributed by atoms with Crippen molar-refractivity contribution in [3.05, 3.63) is 64.7 Å². The van der Waals surface area contributed by atoms with Gasteiger partial charge >= 0.3 is 5.97 Å². The molecule has 1 unspecified atom stereocenters. The minimum Gasteiger partial charge on any atom is -0.489 e. The van der Waals surface area contributed by atoms with Gasteiger partial charge in [0.05, 0.1) is 0 Å². The van der Waals surface area contributed by atoms with Crippen LogP contribution in [0.5, 0.6) is 5.75 Å². The molecule has 0 aliphatic rings. The van der Waals surface area contributed by atoms with Crippen molar-refractivity contribution in [2.24, 2.45) is 0 Å². The molecule has 0 aliphatic heterocycles. The van der Waals surface area contributed by atoms with Gasteiger partial charge in [-0.3, -0.25) is 0 Å². The summed E-state index contributed by atoms with van der Waals surface area (Å²) in [6.45, 7) is 5.40. The van der Waals surface area contributed by atoms with E-state index in [2.05, 4.69) is 0 Å². The Kier molecular flexibility index (Phi) is 4.52. The highest BCUT2D eigenvalue weighted by atomic mass is 16.5. The zero-order valence-corrected chi connectivity index (χ0v) is 13.0. The largest absolute Gasteiger partial charge is 0.489 e. The summed E-state index contributed by atoms with van der Waals surface area (Å²) < 4.78 is 5.82. The third kappa shape index (κ3) is 3.28. The number of carboxylic acids is 1. The number of benzene rings is 2. The number of hydrogen-bond acceptors (Lipinski definition) is 3. The fourth-order valence-electron chi connectivity index (χ4n) is 2.25. The van der Waals surface area contributed by atoms with Gasteiger partial charge in [0, 0.05) is 5.56 Å². The summed E-state index contributed by atoms with van der Waals surface area (Å²) in [6.07, 6.45) is 0. The van der Waals surface area contributed by atoms with Crippen molar-refractivity contribution in [3.63, 3.8) is 0 Å². The molecule has 2 N–H and O–H groups in total. The van der Waals surface area contributed by atoms with Crippen LogP contribution >= 0.6 is 0 Å². The first-order valence-electron chi connectivity index (χ1n) is 7.06. The summed E-state index contributed by atoms with van der Waals surface area (Å²) in [6, 6.07) is 12.8. The van der Waals surface area contributed by atoms with Crippen LogP contribution in [0.4, 0.5) is 0 Å². The summed E-state index contributed by atoms with van der Waals surface area (Å²) >= 11 is 0. The Balaban J connectivity index is 2.28. The van der Waals surface area contributed by atoms with E-state index in [9.17, 15) is 15.0 Å². The minimum absolute atomic E-state index is 0.198. The molecule has 0 fully saturated rings. The highest BCUT2D eigenvalue weighted by Gasteiger charge is 2.34. The van der Waals surface area contributed by atoms with Crippen LogP contribution < -0.4 is 4.74 Å².